The van der Waals surface area contributed by atoms with E-state index in [-0.39, 0.29) is 35.5 Å². The van der Waals surface area contributed by atoms with E-state index < -0.39 is 16.8 Å². The zero-order valence-electron chi connectivity index (χ0n) is 16.1. The smallest absolute Gasteiger partial charge is 0.330 e. The first-order chi connectivity index (χ1) is 12.7. The summed E-state index contributed by atoms with van der Waals surface area (Å²) >= 11 is 1.54. The largest absolute Gasteiger partial charge is 0.464 e. The predicted molar refractivity (Wildman–Crippen MR) is 104 cm³/mol. The molecule has 2 saturated heterocycles. The number of hydrogen-bond acceptors (Lipinski definition) is 5. The van der Waals surface area contributed by atoms with Gasteiger partial charge < -0.3 is 15.0 Å². The van der Waals surface area contributed by atoms with Crippen molar-refractivity contribution in [1.29, 1.82) is 0 Å². The lowest BCUT2D eigenvalue weighted by Crippen LogP contribution is -2.70. The van der Waals surface area contributed by atoms with Crippen LogP contribution in [0.2, 0.25) is 0 Å². The zero-order chi connectivity index (χ0) is 19.8. The Bertz CT molecular complexity index is 735. The number of ether oxygens (including phenoxy) is 1. The molecule has 0 spiro atoms. The lowest BCUT2D eigenvalue weighted by molar-refractivity contribution is -0.165. The van der Waals surface area contributed by atoms with E-state index in [0.717, 1.165) is 5.56 Å². The first kappa shape index (κ1) is 19.7. The van der Waals surface area contributed by atoms with Gasteiger partial charge in [-0.25, -0.2) is 4.79 Å². The molecule has 0 radical (unpaired) electrons. The molecule has 3 atom stereocenters. The fourth-order valence-corrected chi connectivity index (χ4v) is 5.08. The van der Waals surface area contributed by atoms with Gasteiger partial charge in [-0.1, -0.05) is 44.2 Å². The van der Waals surface area contributed by atoms with E-state index in [0.29, 0.717) is 6.61 Å². The highest BCUT2D eigenvalue weighted by Crippen LogP contribution is 2.51. The van der Waals surface area contributed by atoms with Crippen molar-refractivity contribution in [2.24, 2.45) is 5.92 Å². The van der Waals surface area contributed by atoms with E-state index >= 15 is 0 Å². The zero-order valence-corrected chi connectivity index (χ0v) is 16.9. The van der Waals surface area contributed by atoms with E-state index in [1.165, 1.54) is 11.8 Å². The number of amides is 2. The van der Waals surface area contributed by atoms with Crippen LogP contribution in [0.15, 0.2) is 30.3 Å². The molecule has 0 bridgehead atoms. The van der Waals surface area contributed by atoms with Crippen molar-refractivity contribution in [2.45, 2.75) is 56.3 Å². The molecule has 3 rings (SSSR count). The fourth-order valence-electron chi connectivity index (χ4n) is 3.46. The number of carbonyl (C=O) groups excluding carboxylic acids is 3. The topological polar surface area (TPSA) is 75.7 Å². The predicted octanol–water partition coefficient (Wildman–Crippen LogP) is 1.98. The molecule has 0 saturated carbocycles. The summed E-state index contributed by atoms with van der Waals surface area (Å²) in [5.41, 5.74) is 0.896. The molecule has 1 aromatic rings. The number of nitrogens with one attached hydrogen (secondary N) is 1. The number of β-lactam (4-membered cyclic amide) rings is 1. The summed E-state index contributed by atoms with van der Waals surface area (Å²) in [6.07, 6.45) is 0.227. The first-order valence-corrected chi connectivity index (χ1v) is 10.1. The number of thioether (sulfide) groups is 1. The Kier molecular flexibility index (Phi) is 5.51. The minimum absolute atomic E-state index is 0.191. The van der Waals surface area contributed by atoms with Gasteiger partial charge in [-0.15, -0.1) is 11.8 Å². The van der Waals surface area contributed by atoms with Crippen LogP contribution >= 0.6 is 11.8 Å². The highest BCUT2D eigenvalue weighted by Gasteiger charge is 2.64. The molecule has 0 unspecified atom stereocenters. The lowest BCUT2D eigenvalue weighted by atomic mass is 9.95. The van der Waals surface area contributed by atoms with Gasteiger partial charge in [0, 0.05) is 4.75 Å². The minimum Gasteiger partial charge on any atom is -0.464 e. The second-order valence-electron chi connectivity index (χ2n) is 7.99. The van der Waals surface area contributed by atoms with Crippen molar-refractivity contribution in [3.63, 3.8) is 0 Å². The Morgan fingerprint density at radius 3 is 2.56 bits per heavy atom. The van der Waals surface area contributed by atoms with Crippen LogP contribution in [0.25, 0.3) is 0 Å². The third kappa shape index (κ3) is 3.98. The van der Waals surface area contributed by atoms with Gasteiger partial charge in [0.15, 0.2) is 0 Å². The molecule has 2 aliphatic rings. The Hall–Kier alpha value is -2.02. The van der Waals surface area contributed by atoms with Gasteiger partial charge in [0.1, 0.15) is 17.5 Å². The van der Waals surface area contributed by atoms with Crippen LogP contribution < -0.4 is 5.32 Å². The van der Waals surface area contributed by atoms with Crippen LogP contribution in [0.5, 0.6) is 0 Å². The Balaban J connectivity index is 1.64. The molecule has 2 amide bonds. The molecule has 1 aromatic carbocycles. The van der Waals surface area contributed by atoms with Crippen molar-refractivity contribution in [3.8, 4) is 0 Å². The average Bonchev–Trinajstić information content (AvgIpc) is 2.86. The maximum Gasteiger partial charge on any atom is 0.330 e. The van der Waals surface area contributed by atoms with Gasteiger partial charge in [0.05, 0.1) is 13.0 Å². The van der Waals surface area contributed by atoms with Crippen LogP contribution in [0.1, 0.15) is 33.3 Å². The monoisotopic (exact) mass is 390 g/mol. The number of hydrogen-bond donors (Lipinski definition) is 1. The van der Waals surface area contributed by atoms with E-state index in [1.54, 1.807) is 4.90 Å². The van der Waals surface area contributed by atoms with Gasteiger partial charge in [-0.05, 0) is 25.3 Å². The molecule has 2 fully saturated rings. The van der Waals surface area contributed by atoms with Gasteiger partial charge in [-0.3, -0.25) is 9.59 Å². The van der Waals surface area contributed by atoms with Crippen LogP contribution in [-0.2, 0) is 25.5 Å². The van der Waals surface area contributed by atoms with Gasteiger partial charge >= 0.3 is 5.97 Å². The van der Waals surface area contributed by atoms with Crippen molar-refractivity contribution in [3.05, 3.63) is 35.9 Å². The number of fused-ring (bicyclic) bond motifs is 1. The summed E-state index contributed by atoms with van der Waals surface area (Å²) < 4.78 is 4.92. The molecule has 6 nitrogen and oxygen atoms in total. The molecule has 7 heteroatoms. The number of esters is 1. The SMILES string of the molecule is CC(C)COC(=O)[C@@H]1N2C(=O)[C@@H](NC(=O)Cc3ccccc3)[C@H]2SC1(C)C. The molecule has 2 aliphatic heterocycles. The van der Waals surface area contributed by atoms with E-state index in [2.05, 4.69) is 5.32 Å². The maximum absolute atomic E-state index is 12.7. The highest BCUT2D eigenvalue weighted by molar-refractivity contribution is 8.01. The van der Waals surface area contributed by atoms with Gasteiger partial charge in [0.2, 0.25) is 11.8 Å². The third-order valence-corrected chi connectivity index (χ3v) is 6.32. The fraction of sp³-hybridized carbons (Fsp3) is 0.550. The third-order valence-electron chi connectivity index (χ3n) is 4.75. The first-order valence-electron chi connectivity index (χ1n) is 9.20. The Morgan fingerprint density at radius 2 is 1.93 bits per heavy atom. The standard InChI is InChI=1S/C20H26N2O4S/c1-12(2)11-26-19(25)16-20(3,4)27-18-15(17(24)22(16)18)21-14(23)10-13-8-6-5-7-9-13/h5-9,12,15-16,18H,10-11H2,1-4H3,(H,21,23)/t15-,16+,18-/m1/s1. The summed E-state index contributed by atoms with van der Waals surface area (Å²) in [5.74, 6) is -0.542. The normalized spacial score (nSPS) is 25.7. The van der Waals surface area contributed by atoms with Crippen molar-refractivity contribution in [1.82, 2.24) is 10.2 Å². The highest BCUT2D eigenvalue weighted by atomic mass is 32.2. The molecule has 146 valence electrons. The lowest BCUT2D eigenvalue weighted by Gasteiger charge is -2.44. The number of nitrogens with zero attached hydrogens (tertiary/aromatic N) is 1. The summed E-state index contributed by atoms with van der Waals surface area (Å²) in [7, 11) is 0. The molecule has 27 heavy (non-hydrogen) atoms. The maximum atomic E-state index is 12.7. The average molecular weight is 391 g/mol. The summed E-state index contributed by atoms with van der Waals surface area (Å²) in [6.45, 7) is 8.15. The number of carbonyl (C=O) groups is 3. The Labute approximate surface area is 164 Å². The number of rotatable bonds is 6. The van der Waals surface area contributed by atoms with Crippen LogP contribution in [-0.4, -0.2) is 51.5 Å². The summed E-state index contributed by atoms with van der Waals surface area (Å²) in [5, 5.41) is 2.60. The van der Waals surface area contributed by atoms with Crippen LogP contribution in [0.4, 0.5) is 0 Å². The Morgan fingerprint density at radius 1 is 1.26 bits per heavy atom. The second kappa shape index (κ2) is 7.54. The van der Waals surface area contributed by atoms with Gasteiger partial charge in [0.25, 0.3) is 0 Å². The summed E-state index contributed by atoms with van der Waals surface area (Å²) in [4.78, 5) is 39.1. The van der Waals surface area contributed by atoms with E-state index in [1.807, 2.05) is 58.0 Å². The molecular formula is C20H26N2O4S. The van der Waals surface area contributed by atoms with E-state index in [4.69, 9.17) is 4.74 Å². The van der Waals surface area contributed by atoms with E-state index in [9.17, 15) is 14.4 Å². The number of benzene rings is 1. The molecule has 0 aliphatic carbocycles. The van der Waals surface area contributed by atoms with Crippen molar-refractivity contribution < 1.29 is 19.1 Å². The minimum atomic E-state index is -0.624. The van der Waals surface area contributed by atoms with Crippen molar-refractivity contribution in [2.75, 3.05) is 6.61 Å². The van der Waals surface area contributed by atoms with Crippen molar-refractivity contribution >= 4 is 29.5 Å². The van der Waals surface area contributed by atoms with Gasteiger partial charge in [-0.2, -0.15) is 0 Å². The van der Waals surface area contributed by atoms with Crippen LogP contribution in [0, 0.1) is 5.92 Å². The quantitative estimate of drug-likeness (QED) is 0.594. The molecule has 0 aromatic heterocycles. The molecular weight excluding hydrogens is 364 g/mol. The second-order valence-corrected chi connectivity index (χ2v) is 9.76. The summed E-state index contributed by atoms with van der Waals surface area (Å²) in [6, 6.07) is 8.19. The van der Waals surface area contributed by atoms with Crippen LogP contribution in [0.3, 0.4) is 0 Å². The molecule has 1 N–H and O–H groups in total. The molecule has 2 heterocycles.